The quantitative estimate of drug-likeness (QED) is 0.527. The molecule has 0 heterocycles. The number of carbonyl (C=O) groups is 2. The third kappa shape index (κ3) is 7.14. The molecule has 28 heavy (non-hydrogen) atoms. The van der Waals surface area contributed by atoms with E-state index in [4.69, 9.17) is 11.5 Å². The van der Waals surface area contributed by atoms with Gasteiger partial charge in [-0.25, -0.2) is 0 Å². The van der Waals surface area contributed by atoms with Gasteiger partial charge < -0.3 is 11.5 Å². The summed E-state index contributed by atoms with van der Waals surface area (Å²) in [6.07, 6.45) is 5.27. The van der Waals surface area contributed by atoms with Crippen molar-refractivity contribution in [2.75, 3.05) is 0 Å². The summed E-state index contributed by atoms with van der Waals surface area (Å²) in [6, 6.07) is 29.3. The van der Waals surface area contributed by atoms with E-state index in [0.29, 0.717) is 5.56 Å². The summed E-state index contributed by atoms with van der Waals surface area (Å²) in [5.74, 6) is -1.36. The van der Waals surface area contributed by atoms with Crippen molar-refractivity contribution in [3.63, 3.8) is 0 Å². The van der Waals surface area contributed by atoms with Crippen molar-refractivity contribution < 1.29 is 9.59 Å². The summed E-state index contributed by atoms with van der Waals surface area (Å²) in [5.41, 5.74) is 13.2. The average Bonchev–Trinajstić information content (AvgIpc) is 2.73. The van der Waals surface area contributed by atoms with Gasteiger partial charge in [-0.05, 0) is 16.7 Å². The second kappa shape index (κ2) is 10.9. The van der Waals surface area contributed by atoms with Crippen molar-refractivity contribution in [2.45, 2.75) is 0 Å². The molecule has 0 fully saturated rings. The summed E-state index contributed by atoms with van der Waals surface area (Å²) in [7, 11) is 0. The molecular weight excluding hydrogens is 348 g/mol. The minimum absolute atomic E-state index is 0.123. The lowest BCUT2D eigenvalue weighted by Crippen LogP contribution is -2.16. The molecular formula is C24H22N2O2. The van der Waals surface area contributed by atoms with E-state index in [1.54, 1.807) is 30.3 Å². The Morgan fingerprint density at radius 1 is 0.607 bits per heavy atom. The van der Waals surface area contributed by atoms with Crippen LogP contribution in [0, 0.1) is 0 Å². The number of amides is 2. The van der Waals surface area contributed by atoms with E-state index in [-0.39, 0.29) is 5.57 Å². The molecule has 4 nitrogen and oxygen atoms in total. The highest BCUT2D eigenvalue weighted by molar-refractivity contribution is 6.22. The van der Waals surface area contributed by atoms with Crippen LogP contribution in [-0.2, 0) is 9.59 Å². The van der Waals surface area contributed by atoms with E-state index in [1.165, 1.54) is 11.1 Å². The minimum atomic E-state index is -0.692. The van der Waals surface area contributed by atoms with Gasteiger partial charge in [0.2, 0.25) is 11.8 Å². The maximum absolute atomic E-state index is 11.0. The van der Waals surface area contributed by atoms with Gasteiger partial charge in [0.15, 0.2) is 0 Å². The van der Waals surface area contributed by atoms with Crippen LogP contribution >= 0.6 is 0 Å². The van der Waals surface area contributed by atoms with Gasteiger partial charge in [-0.1, -0.05) is 103 Å². The molecule has 2 amide bonds. The summed E-state index contributed by atoms with van der Waals surface area (Å²) in [4.78, 5) is 21.6. The molecule has 140 valence electrons. The highest BCUT2D eigenvalue weighted by atomic mass is 16.1. The summed E-state index contributed by atoms with van der Waals surface area (Å²) >= 11 is 0. The van der Waals surface area contributed by atoms with Gasteiger partial charge in [0.05, 0.1) is 5.57 Å². The van der Waals surface area contributed by atoms with Gasteiger partial charge in [-0.2, -0.15) is 0 Å². The summed E-state index contributed by atoms with van der Waals surface area (Å²) in [6.45, 7) is 0. The largest absolute Gasteiger partial charge is 0.366 e. The maximum Gasteiger partial charge on any atom is 0.249 e. The fourth-order valence-corrected chi connectivity index (χ4v) is 2.38. The van der Waals surface area contributed by atoms with Crippen LogP contribution in [0.3, 0.4) is 0 Å². The van der Waals surface area contributed by atoms with Crippen molar-refractivity contribution >= 4 is 29.5 Å². The monoisotopic (exact) mass is 370 g/mol. The normalized spacial score (nSPS) is 10.8. The molecule has 4 heteroatoms. The standard InChI is InChI=1S/C14H12.C10H10N2O2/c1-3-7-13(8-4-1)11-12-14-9-5-2-6-10-14;11-9(13)6-8(10(12)14)7-4-2-1-3-5-7/h1-12H;1-6H,(H2,11,13)(H2,12,14)/b;8-6-. The van der Waals surface area contributed by atoms with Crippen LogP contribution in [0.2, 0.25) is 0 Å². The smallest absolute Gasteiger partial charge is 0.249 e. The van der Waals surface area contributed by atoms with Gasteiger partial charge in [0.25, 0.3) is 0 Å². The highest BCUT2D eigenvalue weighted by Crippen LogP contribution is 2.12. The van der Waals surface area contributed by atoms with Crippen molar-refractivity contribution in [3.05, 3.63) is 114 Å². The van der Waals surface area contributed by atoms with E-state index in [2.05, 4.69) is 36.4 Å². The molecule has 0 aromatic heterocycles. The molecule has 0 radical (unpaired) electrons. The Hall–Kier alpha value is -3.92. The number of rotatable bonds is 5. The number of carbonyl (C=O) groups excluding carboxylic acids is 2. The minimum Gasteiger partial charge on any atom is -0.366 e. The molecule has 0 saturated carbocycles. The fraction of sp³-hybridized carbons (Fsp3) is 0. The number of nitrogens with two attached hydrogens (primary N) is 2. The van der Waals surface area contributed by atoms with E-state index in [1.807, 2.05) is 36.4 Å². The lowest BCUT2D eigenvalue weighted by Gasteiger charge is -2.01. The Bertz CT molecular complexity index is 906. The zero-order valence-electron chi connectivity index (χ0n) is 15.4. The molecule has 4 N–H and O–H groups in total. The topological polar surface area (TPSA) is 86.2 Å². The number of benzene rings is 3. The van der Waals surface area contributed by atoms with Gasteiger partial charge in [0.1, 0.15) is 0 Å². The zero-order chi connectivity index (χ0) is 20.2. The Labute approximate surface area is 164 Å². The van der Waals surface area contributed by atoms with Crippen molar-refractivity contribution in [2.24, 2.45) is 11.5 Å². The zero-order valence-corrected chi connectivity index (χ0v) is 15.4. The number of hydrogen-bond acceptors (Lipinski definition) is 2. The van der Waals surface area contributed by atoms with E-state index in [0.717, 1.165) is 6.08 Å². The summed E-state index contributed by atoms with van der Waals surface area (Å²) < 4.78 is 0. The van der Waals surface area contributed by atoms with Crippen molar-refractivity contribution in [1.82, 2.24) is 0 Å². The molecule has 0 atom stereocenters. The highest BCUT2D eigenvalue weighted by Gasteiger charge is 2.08. The second-order valence-electron chi connectivity index (χ2n) is 5.85. The Balaban J connectivity index is 0.000000200. The Kier molecular flexibility index (Phi) is 7.96. The SMILES string of the molecule is C(=Cc1ccccc1)c1ccccc1.NC(=O)/C=C(\C(N)=O)c1ccccc1. The van der Waals surface area contributed by atoms with Crippen molar-refractivity contribution in [3.8, 4) is 0 Å². The molecule has 0 aliphatic carbocycles. The van der Waals surface area contributed by atoms with E-state index >= 15 is 0 Å². The first-order chi connectivity index (χ1) is 13.6. The third-order valence-electron chi connectivity index (χ3n) is 3.70. The number of hydrogen-bond donors (Lipinski definition) is 2. The van der Waals surface area contributed by atoms with Gasteiger partial charge in [-0.3, -0.25) is 9.59 Å². The maximum atomic E-state index is 11.0. The van der Waals surface area contributed by atoms with E-state index in [9.17, 15) is 9.59 Å². The average molecular weight is 370 g/mol. The van der Waals surface area contributed by atoms with Crippen LogP contribution in [0.15, 0.2) is 97.1 Å². The second-order valence-corrected chi connectivity index (χ2v) is 5.85. The Morgan fingerprint density at radius 2 is 1.00 bits per heavy atom. The van der Waals surface area contributed by atoms with E-state index < -0.39 is 11.8 Å². The Morgan fingerprint density at radius 3 is 1.36 bits per heavy atom. The lowest BCUT2D eigenvalue weighted by atomic mass is 10.1. The van der Waals surface area contributed by atoms with Crippen LogP contribution in [0.5, 0.6) is 0 Å². The first-order valence-corrected chi connectivity index (χ1v) is 8.71. The van der Waals surface area contributed by atoms with Gasteiger partial charge in [-0.15, -0.1) is 0 Å². The lowest BCUT2D eigenvalue weighted by molar-refractivity contribution is -0.115. The van der Waals surface area contributed by atoms with Gasteiger partial charge >= 0.3 is 0 Å². The molecule has 3 aromatic carbocycles. The molecule has 0 spiro atoms. The van der Waals surface area contributed by atoms with Crippen LogP contribution in [0.25, 0.3) is 17.7 Å². The molecule has 3 aromatic rings. The molecule has 0 aliphatic heterocycles. The van der Waals surface area contributed by atoms with Crippen LogP contribution in [0.4, 0.5) is 0 Å². The molecule has 3 rings (SSSR count). The van der Waals surface area contributed by atoms with Crippen LogP contribution in [0.1, 0.15) is 16.7 Å². The summed E-state index contributed by atoms with van der Waals surface area (Å²) in [5, 5.41) is 0. The molecule has 0 aliphatic rings. The predicted molar refractivity (Wildman–Crippen MR) is 115 cm³/mol. The third-order valence-corrected chi connectivity index (χ3v) is 3.70. The molecule has 0 bridgehead atoms. The molecule has 0 unspecified atom stereocenters. The number of primary amides is 2. The first-order valence-electron chi connectivity index (χ1n) is 8.71. The van der Waals surface area contributed by atoms with Gasteiger partial charge in [0, 0.05) is 6.08 Å². The fourth-order valence-electron chi connectivity index (χ4n) is 2.38. The molecule has 0 saturated heterocycles. The van der Waals surface area contributed by atoms with Crippen LogP contribution in [-0.4, -0.2) is 11.8 Å². The predicted octanol–water partition coefficient (Wildman–Crippen LogP) is 3.90. The first kappa shape index (κ1) is 20.4. The van der Waals surface area contributed by atoms with Crippen molar-refractivity contribution in [1.29, 1.82) is 0 Å². The van der Waals surface area contributed by atoms with Crippen LogP contribution < -0.4 is 11.5 Å².